The highest BCUT2D eigenvalue weighted by atomic mass is 16.5. The van der Waals surface area contributed by atoms with Crippen molar-refractivity contribution in [2.24, 2.45) is 5.92 Å². The van der Waals surface area contributed by atoms with E-state index in [4.69, 9.17) is 4.74 Å². The third kappa shape index (κ3) is 8.41. The lowest BCUT2D eigenvalue weighted by molar-refractivity contribution is -0.121. The number of carbonyl (C=O) groups excluding carboxylic acids is 1. The van der Waals surface area contributed by atoms with Crippen LogP contribution in [-0.2, 0) is 22.7 Å². The van der Waals surface area contributed by atoms with E-state index >= 15 is 0 Å². The average Bonchev–Trinajstić information content (AvgIpc) is 2.65. The second kappa shape index (κ2) is 11.4. The monoisotopic (exact) mass is 375 g/mol. The van der Waals surface area contributed by atoms with Crippen LogP contribution in [0.1, 0.15) is 45.2 Å². The molecule has 1 aromatic carbocycles. The molecule has 2 rings (SSSR count). The van der Waals surface area contributed by atoms with Crippen LogP contribution in [0.2, 0.25) is 0 Å². The van der Waals surface area contributed by atoms with E-state index in [1.807, 2.05) is 0 Å². The molecule has 0 bridgehead atoms. The van der Waals surface area contributed by atoms with Gasteiger partial charge in [0.05, 0.1) is 6.61 Å². The lowest BCUT2D eigenvalue weighted by atomic mass is 10.1. The van der Waals surface area contributed by atoms with E-state index in [1.165, 1.54) is 5.56 Å². The highest BCUT2D eigenvalue weighted by Gasteiger charge is 2.18. The Morgan fingerprint density at radius 1 is 1.04 bits per heavy atom. The van der Waals surface area contributed by atoms with Crippen LogP contribution in [0.3, 0.4) is 0 Å². The van der Waals surface area contributed by atoms with Gasteiger partial charge in [-0.25, -0.2) is 0 Å². The van der Waals surface area contributed by atoms with Gasteiger partial charge in [-0.1, -0.05) is 38.1 Å². The van der Waals surface area contributed by atoms with E-state index in [9.17, 15) is 4.79 Å². The molecule has 5 nitrogen and oxygen atoms in total. The molecule has 1 fully saturated rings. The van der Waals surface area contributed by atoms with Gasteiger partial charge >= 0.3 is 0 Å². The van der Waals surface area contributed by atoms with E-state index in [0.717, 1.165) is 44.9 Å². The summed E-state index contributed by atoms with van der Waals surface area (Å²) in [5, 5.41) is 3.04. The van der Waals surface area contributed by atoms with Crippen LogP contribution in [-0.4, -0.2) is 61.1 Å². The van der Waals surface area contributed by atoms with Crippen molar-refractivity contribution in [1.29, 1.82) is 0 Å². The Hall–Kier alpha value is -1.43. The summed E-state index contributed by atoms with van der Waals surface area (Å²) in [6.07, 6.45) is 0.572. The van der Waals surface area contributed by atoms with Crippen molar-refractivity contribution in [1.82, 2.24) is 15.1 Å². The van der Waals surface area contributed by atoms with E-state index in [0.29, 0.717) is 31.5 Å². The molecule has 1 aliphatic rings. The van der Waals surface area contributed by atoms with Crippen molar-refractivity contribution in [3.8, 4) is 0 Å². The Bertz CT molecular complexity index is 549. The van der Waals surface area contributed by atoms with E-state index in [1.54, 1.807) is 0 Å². The quantitative estimate of drug-likeness (QED) is 0.683. The van der Waals surface area contributed by atoms with Crippen molar-refractivity contribution in [3.63, 3.8) is 0 Å². The minimum Gasteiger partial charge on any atom is -0.377 e. The second-order valence-electron chi connectivity index (χ2n) is 8.22. The summed E-state index contributed by atoms with van der Waals surface area (Å²) in [7, 11) is 0. The molecule has 0 saturated carbocycles. The van der Waals surface area contributed by atoms with Gasteiger partial charge in [-0.2, -0.15) is 0 Å². The van der Waals surface area contributed by atoms with Gasteiger partial charge in [-0.05, 0) is 30.9 Å². The van der Waals surface area contributed by atoms with Crippen LogP contribution in [0.5, 0.6) is 0 Å². The molecule has 1 N–H and O–H groups in total. The Kier molecular flexibility index (Phi) is 9.25. The van der Waals surface area contributed by atoms with Crippen molar-refractivity contribution in [2.45, 2.75) is 53.3 Å². The van der Waals surface area contributed by atoms with Crippen LogP contribution in [0.25, 0.3) is 0 Å². The Morgan fingerprint density at radius 3 is 2.26 bits per heavy atom. The molecule has 0 aromatic heterocycles. The fraction of sp³-hybridized carbons (Fsp3) is 0.682. The maximum absolute atomic E-state index is 12.1. The van der Waals surface area contributed by atoms with Crippen molar-refractivity contribution >= 4 is 5.91 Å². The fourth-order valence-electron chi connectivity index (χ4n) is 3.22. The summed E-state index contributed by atoms with van der Waals surface area (Å²) in [5.74, 6) is 0.684. The Labute approximate surface area is 165 Å². The standard InChI is InChI=1S/C22H37N3O2/c1-18(2)16-27-17-21-7-5-20(6-8-21)15-23-22(26)9-10-24-11-13-25(14-12-24)19(3)4/h5-8,18-19H,9-17H2,1-4H3,(H,23,26). The van der Waals surface area contributed by atoms with Gasteiger partial charge in [-0.15, -0.1) is 0 Å². The van der Waals surface area contributed by atoms with Crippen molar-refractivity contribution < 1.29 is 9.53 Å². The molecule has 0 atom stereocenters. The molecule has 0 unspecified atom stereocenters. The van der Waals surface area contributed by atoms with Crippen LogP contribution >= 0.6 is 0 Å². The summed E-state index contributed by atoms with van der Waals surface area (Å²) in [6.45, 7) is 16.0. The van der Waals surface area contributed by atoms with Crippen LogP contribution < -0.4 is 5.32 Å². The first-order chi connectivity index (χ1) is 12.9. The topological polar surface area (TPSA) is 44.8 Å². The van der Waals surface area contributed by atoms with Gasteiger partial charge in [0.1, 0.15) is 0 Å². The average molecular weight is 376 g/mol. The number of ether oxygens (including phenoxy) is 1. The number of rotatable bonds is 10. The molecule has 0 radical (unpaired) electrons. The molecule has 1 amide bonds. The molecule has 0 aliphatic carbocycles. The molecule has 27 heavy (non-hydrogen) atoms. The fourth-order valence-corrected chi connectivity index (χ4v) is 3.22. The largest absolute Gasteiger partial charge is 0.377 e. The van der Waals surface area contributed by atoms with Crippen LogP contribution in [0.15, 0.2) is 24.3 Å². The molecular formula is C22H37N3O2. The minimum atomic E-state index is 0.130. The van der Waals surface area contributed by atoms with Gasteiger partial charge in [0, 0.05) is 58.3 Å². The first kappa shape index (κ1) is 21.9. The predicted octanol–water partition coefficient (Wildman–Crippen LogP) is 2.89. The molecule has 1 aromatic rings. The lowest BCUT2D eigenvalue weighted by Gasteiger charge is -2.36. The van der Waals surface area contributed by atoms with Gasteiger partial charge in [0.2, 0.25) is 5.91 Å². The van der Waals surface area contributed by atoms with Crippen molar-refractivity contribution in [2.75, 3.05) is 39.3 Å². The Balaban J connectivity index is 1.61. The maximum atomic E-state index is 12.1. The molecule has 152 valence electrons. The summed E-state index contributed by atoms with van der Waals surface area (Å²) in [4.78, 5) is 17.0. The van der Waals surface area contributed by atoms with Gasteiger partial charge in [0.15, 0.2) is 0 Å². The number of piperazine rings is 1. The van der Waals surface area contributed by atoms with Gasteiger partial charge < -0.3 is 15.0 Å². The van der Waals surface area contributed by atoms with Gasteiger partial charge in [0.25, 0.3) is 0 Å². The highest BCUT2D eigenvalue weighted by molar-refractivity contribution is 5.76. The maximum Gasteiger partial charge on any atom is 0.221 e. The second-order valence-corrected chi connectivity index (χ2v) is 8.22. The third-order valence-electron chi connectivity index (χ3n) is 5.02. The number of hydrogen-bond donors (Lipinski definition) is 1. The smallest absolute Gasteiger partial charge is 0.221 e. The van der Waals surface area contributed by atoms with E-state index in [2.05, 4.69) is 67.1 Å². The van der Waals surface area contributed by atoms with E-state index in [-0.39, 0.29) is 5.91 Å². The summed E-state index contributed by atoms with van der Waals surface area (Å²) >= 11 is 0. The highest BCUT2D eigenvalue weighted by Crippen LogP contribution is 2.08. The minimum absolute atomic E-state index is 0.130. The number of carbonyl (C=O) groups is 1. The zero-order valence-corrected chi connectivity index (χ0v) is 17.5. The molecule has 5 heteroatoms. The zero-order chi connectivity index (χ0) is 19.6. The molecule has 1 saturated heterocycles. The number of nitrogens with one attached hydrogen (secondary N) is 1. The van der Waals surface area contributed by atoms with E-state index < -0.39 is 0 Å². The summed E-state index contributed by atoms with van der Waals surface area (Å²) < 4.78 is 5.65. The lowest BCUT2D eigenvalue weighted by Crippen LogP contribution is -2.49. The van der Waals surface area contributed by atoms with Crippen LogP contribution in [0, 0.1) is 5.92 Å². The molecular weight excluding hydrogens is 338 g/mol. The normalized spacial score (nSPS) is 16.2. The van der Waals surface area contributed by atoms with Gasteiger partial charge in [-0.3, -0.25) is 9.69 Å². The zero-order valence-electron chi connectivity index (χ0n) is 17.5. The third-order valence-corrected chi connectivity index (χ3v) is 5.02. The number of hydrogen-bond acceptors (Lipinski definition) is 4. The van der Waals surface area contributed by atoms with Crippen LogP contribution in [0.4, 0.5) is 0 Å². The first-order valence-electron chi connectivity index (χ1n) is 10.3. The SMILES string of the molecule is CC(C)COCc1ccc(CNC(=O)CCN2CCN(C(C)C)CC2)cc1. The first-order valence-corrected chi connectivity index (χ1v) is 10.3. The van der Waals surface area contributed by atoms with Crippen molar-refractivity contribution in [3.05, 3.63) is 35.4 Å². The number of benzene rings is 1. The number of nitrogens with zero attached hydrogens (tertiary/aromatic N) is 2. The Morgan fingerprint density at radius 2 is 1.67 bits per heavy atom. The summed E-state index contributed by atoms with van der Waals surface area (Å²) in [6, 6.07) is 8.91. The molecule has 1 heterocycles. The molecule has 1 aliphatic heterocycles. The number of amides is 1. The molecule has 0 spiro atoms. The summed E-state index contributed by atoms with van der Waals surface area (Å²) in [5.41, 5.74) is 2.30. The predicted molar refractivity (Wildman–Crippen MR) is 111 cm³/mol.